The summed E-state index contributed by atoms with van der Waals surface area (Å²) in [7, 11) is 0. The molecule has 1 aromatic heterocycles. The van der Waals surface area contributed by atoms with Crippen LogP contribution in [0.3, 0.4) is 0 Å². The van der Waals surface area contributed by atoms with Gasteiger partial charge in [0.15, 0.2) is 0 Å². The first-order chi connectivity index (χ1) is 7.97. The highest BCUT2D eigenvalue weighted by Gasteiger charge is 2.09. The Hall–Kier alpha value is -0.870. The molecule has 1 heterocycles. The van der Waals surface area contributed by atoms with Gasteiger partial charge in [-0.3, -0.25) is 4.79 Å². The van der Waals surface area contributed by atoms with Crippen LogP contribution in [0, 0.1) is 0 Å². The SMILES string of the molecule is CC(C)(C)NCCC(=O)NCCc1cccs1. The van der Waals surface area contributed by atoms with Crippen LogP contribution in [0.25, 0.3) is 0 Å². The van der Waals surface area contributed by atoms with Crippen LogP contribution in [-0.2, 0) is 11.2 Å². The number of carbonyl (C=O) groups excluding carboxylic acids is 1. The van der Waals surface area contributed by atoms with Crippen molar-refractivity contribution in [3.05, 3.63) is 22.4 Å². The average molecular weight is 254 g/mol. The molecule has 3 nitrogen and oxygen atoms in total. The summed E-state index contributed by atoms with van der Waals surface area (Å²) < 4.78 is 0. The molecule has 4 heteroatoms. The molecule has 0 unspecified atom stereocenters. The van der Waals surface area contributed by atoms with Crippen LogP contribution < -0.4 is 10.6 Å². The van der Waals surface area contributed by atoms with E-state index in [9.17, 15) is 4.79 Å². The van der Waals surface area contributed by atoms with E-state index in [4.69, 9.17) is 0 Å². The van der Waals surface area contributed by atoms with Gasteiger partial charge in [0.1, 0.15) is 0 Å². The lowest BCUT2D eigenvalue weighted by atomic mass is 10.1. The van der Waals surface area contributed by atoms with E-state index < -0.39 is 0 Å². The van der Waals surface area contributed by atoms with E-state index in [0.29, 0.717) is 6.42 Å². The van der Waals surface area contributed by atoms with Crippen LogP contribution in [0.1, 0.15) is 32.1 Å². The maximum absolute atomic E-state index is 11.5. The van der Waals surface area contributed by atoms with Gasteiger partial charge in [-0.05, 0) is 38.6 Å². The van der Waals surface area contributed by atoms with Crippen LogP contribution in [0.15, 0.2) is 17.5 Å². The van der Waals surface area contributed by atoms with Crippen LogP contribution in [-0.4, -0.2) is 24.5 Å². The Bertz CT molecular complexity index is 328. The van der Waals surface area contributed by atoms with Crippen molar-refractivity contribution in [3.8, 4) is 0 Å². The van der Waals surface area contributed by atoms with Crippen molar-refractivity contribution in [2.75, 3.05) is 13.1 Å². The second kappa shape index (κ2) is 6.77. The van der Waals surface area contributed by atoms with Crippen molar-refractivity contribution < 1.29 is 4.79 Å². The summed E-state index contributed by atoms with van der Waals surface area (Å²) >= 11 is 1.73. The fraction of sp³-hybridized carbons (Fsp3) is 0.615. The molecular weight excluding hydrogens is 232 g/mol. The van der Waals surface area contributed by atoms with Crippen molar-refractivity contribution >= 4 is 17.2 Å². The van der Waals surface area contributed by atoms with E-state index in [1.54, 1.807) is 11.3 Å². The number of amides is 1. The Kier molecular flexibility index (Phi) is 5.65. The molecule has 1 amide bonds. The number of rotatable bonds is 6. The van der Waals surface area contributed by atoms with Gasteiger partial charge in [0.05, 0.1) is 0 Å². The third-order valence-electron chi connectivity index (χ3n) is 2.28. The summed E-state index contributed by atoms with van der Waals surface area (Å²) in [5.74, 6) is 0.123. The molecule has 0 fully saturated rings. The van der Waals surface area contributed by atoms with Gasteiger partial charge in [-0.25, -0.2) is 0 Å². The van der Waals surface area contributed by atoms with Gasteiger partial charge in [-0.2, -0.15) is 0 Å². The molecule has 0 atom stereocenters. The van der Waals surface area contributed by atoms with Crippen LogP contribution >= 0.6 is 11.3 Å². The Morgan fingerprint density at radius 2 is 2.12 bits per heavy atom. The van der Waals surface area contributed by atoms with E-state index >= 15 is 0 Å². The molecule has 0 bridgehead atoms. The summed E-state index contributed by atoms with van der Waals surface area (Å²) in [5, 5.41) is 8.29. The second-order valence-corrected chi connectivity index (χ2v) is 6.14. The van der Waals surface area contributed by atoms with Crippen LogP contribution in [0.4, 0.5) is 0 Å². The maximum Gasteiger partial charge on any atom is 0.221 e. The predicted octanol–water partition coefficient (Wildman–Crippen LogP) is 2.18. The van der Waals surface area contributed by atoms with E-state index in [1.807, 2.05) is 6.07 Å². The van der Waals surface area contributed by atoms with Gasteiger partial charge in [0.25, 0.3) is 0 Å². The summed E-state index contributed by atoms with van der Waals surface area (Å²) in [6.45, 7) is 7.76. The summed E-state index contributed by atoms with van der Waals surface area (Å²) in [6.07, 6.45) is 1.47. The molecule has 0 aliphatic rings. The zero-order valence-corrected chi connectivity index (χ0v) is 11.7. The smallest absolute Gasteiger partial charge is 0.221 e. The molecular formula is C13H22N2OS. The lowest BCUT2D eigenvalue weighted by Gasteiger charge is -2.20. The highest BCUT2D eigenvalue weighted by molar-refractivity contribution is 7.09. The van der Waals surface area contributed by atoms with Gasteiger partial charge in [0, 0.05) is 29.9 Å². The van der Waals surface area contributed by atoms with Crippen molar-refractivity contribution in [2.45, 2.75) is 39.2 Å². The molecule has 1 rings (SSSR count). The molecule has 0 aliphatic heterocycles. The molecule has 0 aliphatic carbocycles. The normalized spacial score (nSPS) is 11.5. The minimum absolute atomic E-state index is 0.0806. The molecule has 96 valence electrons. The lowest BCUT2D eigenvalue weighted by Crippen LogP contribution is -2.38. The zero-order valence-electron chi connectivity index (χ0n) is 10.9. The zero-order chi connectivity index (χ0) is 12.7. The molecule has 1 aromatic rings. The number of hydrogen-bond acceptors (Lipinski definition) is 3. The highest BCUT2D eigenvalue weighted by atomic mass is 32.1. The molecule has 0 radical (unpaired) electrons. The minimum atomic E-state index is 0.0806. The van der Waals surface area contributed by atoms with Crippen molar-refractivity contribution in [3.63, 3.8) is 0 Å². The van der Waals surface area contributed by atoms with Crippen molar-refractivity contribution in [1.82, 2.24) is 10.6 Å². The van der Waals surface area contributed by atoms with Crippen molar-refractivity contribution in [2.24, 2.45) is 0 Å². The van der Waals surface area contributed by atoms with Gasteiger partial charge < -0.3 is 10.6 Å². The number of thiophene rings is 1. The van der Waals surface area contributed by atoms with E-state index in [0.717, 1.165) is 19.5 Å². The maximum atomic E-state index is 11.5. The minimum Gasteiger partial charge on any atom is -0.356 e. The summed E-state index contributed by atoms with van der Waals surface area (Å²) in [4.78, 5) is 12.8. The number of nitrogens with one attached hydrogen (secondary N) is 2. The first-order valence-corrected chi connectivity index (χ1v) is 6.89. The number of hydrogen-bond donors (Lipinski definition) is 2. The van der Waals surface area contributed by atoms with Gasteiger partial charge >= 0.3 is 0 Å². The first-order valence-electron chi connectivity index (χ1n) is 6.01. The topological polar surface area (TPSA) is 41.1 Å². The molecule has 0 spiro atoms. The third kappa shape index (κ3) is 7.13. The Morgan fingerprint density at radius 3 is 2.71 bits per heavy atom. The monoisotopic (exact) mass is 254 g/mol. The Morgan fingerprint density at radius 1 is 1.35 bits per heavy atom. The van der Waals surface area contributed by atoms with E-state index in [2.05, 4.69) is 42.9 Å². The van der Waals surface area contributed by atoms with E-state index in [-0.39, 0.29) is 11.4 Å². The van der Waals surface area contributed by atoms with Gasteiger partial charge in [0.2, 0.25) is 5.91 Å². The highest BCUT2D eigenvalue weighted by Crippen LogP contribution is 2.08. The number of carbonyl (C=O) groups is 1. The van der Waals surface area contributed by atoms with Crippen LogP contribution in [0.2, 0.25) is 0 Å². The van der Waals surface area contributed by atoms with Gasteiger partial charge in [-0.15, -0.1) is 11.3 Å². The average Bonchev–Trinajstić information content (AvgIpc) is 2.68. The molecule has 2 N–H and O–H groups in total. The predicted molar refractivity (Wildman–Crippen MR) is 73.4 cm³/mol. The molecule has 17 heavy (non-hydrogen) atoms. The van der Waals surface area contributed by atoms with Crippen LogP contribution in [0.5, 0.6) is 0 Å². The largest absolute Gasteiger partial charge is 0.356 e. The lowest BCUT2D eigenvalue weighted by molar-refractivity contribution is -0.121. The third-order valence-corrected chi connectivity index (χ3v) is 3.22. The fourth-order valence-electron chi connectivity index (χ4n) is 1.42. The Labute approximate surface area is 108 Å². The van der Waals surface area contributed by atoms with Gasteiger partial charge in [-0.1, -0.05) is 6.07 Å². The Balaban J connectivity index is 2.05. The first kappa shape index (κ1) is 14.2. The second-order valence-electron chi connectivity index (χ2n) is 5.11. The van der Waals surface area contributed by atoms with Crippen molar-refractivity contribution in [1.29, 1.82) is 0 Å². The fourth-order valence-corrected chi connectivity index (χ4v) is 2.13. The van der Waals surface area contributed by atoms with E-state index in [1.165, 1.54) is 4.88 Å². The molecule has 0 aromatic carbocycles. The molecule has 0 saturated heterocycles. The summed E-state index contributed by atoms with van der Waals surface area (Å²) in [5.41, 5.74) is 0.0806. The molecule has 0 saturated carbocycles. The quantitative estimate of drug-likeness (QED) is 0.817. The summed E-state index contributed by atoms with van der Waals surface area (Å²) in [6, 6.07) is 4.13. The standard InChI is InChI=1S/C13H22N2OS/c1-13(2,3)15-9-7-12(16)14-8-6-11-5-4-10-17-11/h4-5,10,15H,6-9H2,1-3H3,(H,14,16).